The second kappa shape index (κ2) is 6.58. The fourth-order valence-electron chi connectivity index (χ4n) is 3.46. The zero-order valence-corrected chi connectivity index (χ0v) is 15.3. The first-order valence-corrected chi connectivity index (χ1v) is 9.36. The number of rotatable bonds is 3. The van der Waals surface area contributed by atoms with Crippen LogP contribution in [0.5, 0.6) is 0 Å². The molecular weight excluding hydrogens is 330 g/mol. The summed E-state index contributed by atoms with van der Waals surface area (Å²) in [6, 6.07) is 10.5. The predicted octanol–water partition coefficient (Wildman–Crippen LogP) is 3.56. The van der Waals surface area contributed by atoms with Gasteiger partial charge >= 0.3 is 0 Å². The van der Waals surface area contributed by atoms with E-state index in [1.807, 2.05) is 22.4 Å². The largest absolute Gasteiger partial charge is 0.334 e. The van der Waals surface area contributed by atoms with Crippen molar-refractivity contribution < 1.29 is 4.79 Å². The van der Waals surface area contributed by atoms with Gasteiger partial charge in [0.25, 0.3) is 5.91 Å². The lowest BCUT2D eigenvalue weighted by Gasteiger charge is -2.29. The average Bonchev–Trinajstić information content (AvgIpc) is 3.09. The maximum absolute atomic E-state index is 13.0. The lowest BCUT2D eigenvalue weighted by atomic mass is 9.96. The zero-order chi connectivity index (χ0) is 17.4. The summed E-state index contributed by atoms with van der Waals surface area (Å²) >= 11 is 1.58. The number of aromatic nitrogens is 1. The number of nitrogens with zero attached hydrogens (tertiary/aromatic N) is 3. The average molecular weight is 351 g/mol. The van der Waals surface area contributed by atoms with Gasteiger partial charge in [0.15, 0.2) is 0 Å². The zero-order valence-electron chi connectivity index (χ0n) is 14.5. The van der Waals surface area contributed by atoms with Crippen LogP contribution in [0.15, 0.2) is 41.9 Å². The summed E-state index contributed by atoms with van der Waals surface area (Å²) in [5.74, 6) is 0.109. The van der Waals surface area contributed by atoms with Crippen molar-refractivity contribution >= 4 is 27.5 Å². The van der Waals surface area contributed by atoms with Crippen LogP contribution in [0.1, 0.15) is 27.0 Å². The standard InChI is InChI=1S/C20H21N3OS/c1-22(2)12-14-3-4-16-13-23(9-6-15(16)11-14)20(24)17-5-8-21-18-7-10-25-19(17)18/h3-5,7-8,10-11H,6,9,12-13H2,1-2H3. The van der Waals surface area contributed by atoms with Gasteiger partial charge in [-0.1, -0.05) is 18.2 Å². The van der Waals surface area contributed by atoms with Gasteiger partial charge in [0.05, 0.1) is 15.8 Å². The van der Waals surface area contributed by atoms with E-state index in [4.69, 9.17) is 0 Å². The quantitative estimate of drug-likeness (QED) is 0.724. The second-order valence-electron chi connectivity index (χ2n) is 6.81. The first-order chi connectivity index (χ1) is 12.1. The molecule has 5 heteroatoms. The topological polar surface area (TPSA) is 36.4 Å². The van der Waals surface area contributed by atoms with Crippen molar-refractivity contribution in [1.29, 1.82) is 0 Å². The van der Waals surface area contributed by atoms with Crippen LogP contribution in [-0.4, -0.2) is 41.3 Å². The minimum Gasteiger partial charge on any atom is -0.334 e. The van der Waals surface area contributed by atoms with Crippen LogP contribution in [0.4, 0.5) is 0 Å². The summed E-state index contributed by atoms with van der Waals surface area (Å²) in [5.41, 5.74) is 5.64. The number of hydrogen-bond acceptors (Lipinski definition) is 4. The molecule has 0 fully saturated rings. The summed E-state index contributed by atoms with van der Waals surface area (Å²) in [7, 11) is 4.17. The highest BCUT2D eigenvalue weighted by Crippen LogP contribution is 2.27. The van der Waals surface area contributed by atoms with Crippen LogP contribution in [0.3, 0.4) is 0 Å². The maximum atomic E-state index is 13.0. The molecule has 0 N–H and O–H groups in total. The highest BCUT2D eigenvalue weighted by Gasteiger charge is 2.23. The lowest BCUT2D eigenvalue weighted by Crippen LogP contribution is -2.36. The van der Waals surface area contributed by atoms with Crippen molar-refractivity contribution in [1.82, 2.24) is 14.8 Å². The minimum absolute atomic E-state index is 0.109. The Bertz CT molecular complexity index is 932. The molecule has 0 radical (unpaired) electrons. The molecule has 1 aromatic carbocycles. The SMILES string of the molecule is CN(C)Cc1ccc2c(c1)CCN(C(=O)c1ccnc3ccsc13)C2. The summed E-state index contributed by atoms with van der Waals surface area (Å²) in [6.45, 7) is 2.40. The van der Waals surface area contributed by atoms with Crippen molar-refractivity contribution in [2.45, 2.75) is 19.5 Å². The maximum Gasteiger partial charge on any atom is 0.255 e. The van der Waals surface area contributed by atoms with Crippen LogP contribution in [0.25, 0.3) is 10.2 Å². The Morgan fingerprint density at radius 3 is 2.96 bits per heavy atom. The first-order valence-electron chi connectivity index (χ1n) is 8.49. The third kappa shape index (κ3) is 3.17. The predicted molar refractivity (Wildman–Crippen MR) is 102 cm³/mol. The summed E-state index contributed by atoms with van der Waals surface area (Å²) in [4.78, 5) is 21.5. The summed E-state index contributed by atoms with van der Waals surface area (Å²) in [5, 5.41) is 1.99. The van der Waals surface area contributed by atoms with E-state index in [-0.39, 0.29) is 5.91 Å². The van der Waals surface area contributed by atoms with Crippen LogP contribution >= 0.6 is 11.3 Å². The van der Waals surface area contributed by atoms with E-state index in [9.17, 15) is 4.79 Å². The van der Waals surface area contributed by atoms with E-state index in [1.165, 1.54) is 16.7 Å². The number of benzene rings is 1. The summed E-state index contributed by atoms with van der Waals surface area (Å²) < 4.78 is 0.986. The van der Waals surface area contributed by atoms with Crippen molar-refractivity contribution in [3.8, 4) is 0 Å². The number of carbonyl (C=O) groups excluding carboxylic acids is 1. The van der Waals surface area contributed by atoms with Crippen molar-refractivity contribution in [3.63, 3.8) is 0 Å². The molecule has 2 aromatic heterocycles. The number of amides is 1. The molecule has 4 rings (SSSR count). The lowest BCUT2D eigenvalue weighted by molar-refractivity contribution is 0.0737. The molecule has 0 saturated heterocycles. The molecule has 0 unspecified atom stereocenters. The van der Waals surface area contributed by atoms with Gasteiger partial charge in [0.1, 0.15) is 0 Å². The van der Waals surface area contributed by atoms with Gasteiger partial charge in [-0.2, -0.15) is 0 Å². The molecule has 3 heterocycles. The molecule has 1 aliphatic rings. The number of thiophene rings is 1. The van der Waals surface area contributed by atoms with Gasteiger partial charge in [0, 0.05) is 25.8 Å². The van der Waals surface area contributed by atoms with Gasteiger partial charge in [-0.15, -0.1) is 11.3 Å². The Hall–Kier alpha value is -2.24. The van der Waals surface area contributed by atoms with Crippen LogP contribution in [0.2, 0.25) is 0 Å². The monoisotopic (exact) mass is 351 g/mol. The van der Waals surface area contributed by atoms with E-state index in [0.29, 0.717) is 6.54 Å². The molecule has 128 valence electrons. The molecule has 25 heavy (non-hydrogen) atoms. The van der Waals surface area contributed by atoms with Gasteiger partial charge < -0.3 is 9.80 Å². The normalized spacial score (nSPS) is 14.1. The van der Waals surface area contributed by atoms with Crippen LogP contribution < -0.4 is 0 Å². The first kappa shape index (κ1) is 16.2. The van der Waals surface area contributed by atoms with E-state index in [1.54, 1.807) is 17.5 Å². The van der Waals surface area contributed by atoms with Crippen molar-refractivity contribution in [3.05, 3.63) is 64.2 Å². The Labute approximate surface area is 151 Å². The molecule has 0 saturated carbocycles. The molecule has 0 bridgehead atoms. The molecule has 0 aliphatic carbocycles. The number of hydrogen-bond donors (Lipinski definition) is 0. The molecular formula is C20H21N3OS. The van der Waals surface area contributed by atoms with Gasteiger partial charge in [0.2, 0.25) is 0 Å². The molecule has 0 spiro atoms. The molecule has 4 nitrogen and oxygen atoms in total. The molecule has 0 atom stereocenters. The van der Waals surface area contributed by atoms with Gasteiger partial charge in [-0.3, -0.25) is 9.78 Å². The van der Waals surface area contributed by atoms with E-state index in [2.05, 4.69) is 42.2 Å². The second-order valence-corrected chi connectivity index (χ2v) is 7.73. The van der Waals surface area contributed by atoms with Gasteiger partial charge in [-0.05, 0) is 54.7 Å². The summed E-state index contributed by atoms with van der Waals surface area (Å²) in [6.07, 6.45) is 2.65. The Kier molecular flexibility index (Phi) is 4.27. The highest BCUT2D eigenvalue weighted by atomic mass is 32.1. The van der Waals surface area contributed by atoms with Crippen LogP contribution in [-0.2, 0) is 19.5 Å². The van der Waals surface area contributed by atoms with E-state index < -0.39 is 0 Å². The Morgan fingerprint density at radius 1 is 1.24 bits per heavy atom. The molecule has 1 aliphatic heterocycles. The van der Waals surface area contributed by atoms with Crippen molar-refractivity contribution in [2.24, 2.45) is 0 Å². The smallest absolute Gasteiger partial charge is 0.255 e. The van der Waals surface area contributed by atoms with Crippen LogP contribution in [0, 0.1) is 0 Å². The number of fused-ring (bicyclic) bond motifs is 2. The third-order valence-corrected chi connectivity index (χ3v) is 5.58. The molecule has 3 aromatic rings. The molecule has 1 amide bonds. The fourth-order valence-corrected chi connectivity index (χ4v) is 4.31. The Balaban J connectivity index is 1.58. The minimum atomic E-state index is 0.109. The van der Waals surface area contributed by atoms with Crippen molar-refractivity contribution in [2.75, 3.05) is 20.6 Å². The number of carbonyl (C=O) groups is 1. The number of pyridine rings is 1. The fraction of sp³-hybridized carbons (Fsp3) is 0.300. The third-order valence-electron chi connectivity index (χ3n) is 4.64. The Morgan fingerprint density at radius 2 is 2.12 bits per heavy atom. The van der Waals surface area contributed by atoms with E-state index >= 15 is 0 Å². The van der Waals surface area contributed by atoms with E-state index in [0.717, 1.165) is 35.3 Å². The van der Waals surface area contributed by atoms with Gasteiger partial charge in [-0.25, -0.2) is 0 Å². The highest BCUT2D eigenvalue weighted by molar-refractivity contribution is 7.17.